The number of rotatable bonds is 3. The van der Waals surface area contributed by atoms with Crippen LogP contribution in [0.5, 0.6) is 0 Å². The summed E-state index contributed by atoms with van der Waals surface area (Å²) in [5, 5.41) is 18.2. The Morgan fingerprint density at radius 2 is 2.40 bits per heavy atom. The van der Waals surface area contributed by atoms with Crippen LogP contribution >= 0.6 is 0 Å². The Bertz CT molecular complexity index is 365. The Hall–Kier alpha value is -2.18. The van der Waals surface area contributed by atoms with Gasteiger partial charge in [-0.1, -0.05) is 5.16 Å². The van der Waals surface area contributed by atoms with Gasteiger partial charge < -0.3 is 15.8 Å². The molecule has 0 saturated heterocycles. The Morgan fingerprint density at radius 1 is 1.67 bits per heavy atom. The lowest BCUT2D eigenvalue weighted by atomic mass is 10.3. The average Bonchev–Trinajstić information content (AvgIpc) is 2.29. The van der Waals surface area contributed by atoms with Crippen LogP contribution in [0.4, 0.5) is 0 Å². The molecule has 0 aliphatic heterocycles. The molecule has 3 N–H and O–H groups in total. The van der Waals surface area contributed by atoms with Gasteiger partial charge in [0.05, 0.1) is 24.5 Å². The first kappa shape index (κ1) is 10.9. The molecule has 1 aromatic heterocycles. The number of oxime groups is 1. The van der Waals surface area contributed by atoms with Gasteiger partial charge in [-0.15, -0.1) is 0 Å². The van der Waals surface area contributed by atoms with Gasteiger partial charge in [-0.05, 0) is 6.07 Å². The van der Waals surface area contributed by atoms with Gasteiger partial charge in [0, 0.05) is 7.05 Å². The molecule has 0 radical (unpaired) electrons. The third kappa shape index (κ3) is 2.90. The first-order chi connectivity index (χ1) is 7.15. The number of carbonyl (C=O) groups is 1. The number of amidine groups is 1. The maximum atomic E-state index is 11.7. The quantitative estimate of drug-likeness (QED) is 0.296. The fraction of sp³-hybridized carbons (Fsp3) is 0.250. The molecule has 0 aromatic carbocycles. The first-order valence-electron chi connectivity index (χ1n) is 4.13. The molecule has 7 nitrogen and oxygen atoms in total. The molecule has 0 spiro atoms. The second-order valence-electron chi connectivity index (χ2n) is 2.88. The van der Waals surface area contributed by atoms with Gasteiger partial charge in [0.15, 0.2) is 5.84 Å². The van der Waals surface area contributed by atoms with Crippen molar-refractivity contribution in [1.82, 2.24) is 15.1 Å². The van der Waals surface area contributed by atoms with Crippen LogP contribution in [0.15, 0.2) is 23.6 Å². The van der Waals surface area contributed by atoms with Crippen molar-refractivity contribution in [2.75, 3.05) is 13.6 Å². The number of aromatic nitrogens is 2. The fourth-order valence-electron chi connectivity index (χ4n) is 0.984. The Morgan fingerprint density at radius 3 is 2.93 bits per heavy atom. The van der Waals surface area contributed by atoms with Gasteiger partial charge in [0.25, 0.3) is 5.91 Å². The highest BCUT2D eigenvalue weighted by atomic mass is 16.4. The molecule has 0 bridgehead atoms. The number of hydrogen-bond acceptors (Lipinski definition) is 5. The molecule has 1 rings (SSSR count). The summed E-state index contributed by atoms with van der Waals surface area (Å²) in [5.74, 6) is -0.302. The number of nitrogens with two attached hydrogens (primary N) is 1. The van der Waals surface area contributed by atoms with Crippen molar-refractivity contribution in [2.45, 2.75) is 0 Å². The van der Waals surface area contributed by atoms with E-state index in [2.05, 4.69) is 15.4 Å². The molecule has 15 heavy (non-hydrogen) atoms. The predicted molar refractivity (Wildman–Crippen MR) is 52.4 cm³/mol. The summed E-state index contributed by atoms with van der Waals surface area (Å²) in [6.07, 6.45) is 2.77. The Balaban J connectivity index is 2.70. The second kappa shape index (κ2) is 4.89. The lowest BCUT2D eigenvalue weighted by Gasteiger charge is -2.15. The molecule has 0 saturated carbocycles. The van der Waals surface area contributed by atoms with Crippen LogP contribution in [-0.2, 0) is 0 Å². The van der Waals surface area contributed by atoms with Crippen LogP contribution in [0.3, 0.4) is 0 Å². The van der Waals surface area contributed by atoms with Gasteiger partial charge in [0.2, 0.25) is 0 Å². The molecule has 1 amide bonds. The van der Waals surface area contributed by atoms with Crippen molar-refractivity contribution in [2.24, 2.45) is 10.9 Å². The minimum atomic E-state index is -0.267. The summed E-state index contributed by atoms with van der Waals surface area (Å²) < 4.78 is 0. The lowest BCUT2D eigenvalue weighted by molar-refractivity contribution is 0.0813. The minimum absolute atomic E-state index is 0.0344. The number of amides is 1. The van der Waals surface area contributed by atoms with Crippen LogP contribution in [0.2, 0.25) is 0 Å². The van der Waals surface area contributed by atoms with E-state index < -0.39 is 0 Å². The maximum absolute atomic E-state index is 11.7. The average molecular weight is 209 g/mol. The zero-order valence-electron chi connectivity index (χ0n) is 8.16. The van der Waals surface area contributed by atoms with Crippen molar-refractivity contribution in [1.29, 1.82) is 0 Å². The van der Waals surface area contributed by atoms with E-state index in [9.17, 15) is 4.79 Å². The monoisotopic (exact) mass is 209 g/mol. The maximum Gasteiger partial charge on any atom is 0.255 e. The zero-order chi connectivity index (χ0) is 11.3. The summed E-state index contributed by atoms with van der Waals surface area (Å²) in [6, 6.07) is 1.54. The van der Waals surface area contributed by atoms with E-state index in [1.807, 2.05) is 0 Å². The van der Waals surface area contributed by atoms with Crippen LogP contribution in [-0.4, -0.2) is 45.6 Å². The summed E-state index contributed by atoms with van der Waals surface area (Å²) >= 11 is 0. The summed E-state index contributed by atoms with van der Waals surface area (Å²) in [4.78, 5) is 13.0. The van der Waals surface area contributed by atoms with Crippen LogP contribution in [0.1, 0.15) is 10.4 Å². The molecular weight excluding hydrogens is 198 g/mol. The third-order valence-corrected chi connectivity index (χ3v) is 1.71. The smallest absolute Gasteiger partial charge is 0.255 e. The van der Waals surface area contributed by atoms with E-state index in [1.165, 1.54) is 23.4 Å². The van der Waals surface area contributed by atoms with Crippen molar-refractivity contribution >= 4 is 11.7 Å². The van der Waals surface area contributed by atoms with Gasteiger partial charge in [-0.3, -0.25) is 4.79 Å². The second-order valence-corrected chi connectivity index (χ2v) is 2.88. The van der Waals surface area contributed by atoms with E-state index in [4.69, 9.17) is 10.9 Å². The van der Waals surface area contributed by atoms with Crippen LogP contribution < -0.4 is 5.73 Å². The Labute approximate surface area is 86.2 Å². The van der Waals surface area contributed by atoms with Crippen LogP contribution in [0, 0.1) is 0 Å². The highest BCUT2D eigenvalue weighted by molar-refractivity contribution is 5.96. The number of nitrogens with zero attached hydrogens (tertiary/aromatic N) is 4. The molecule has 1 aromatic rings. The molecule has 1 heterocycles. The van der Waals surface area contributed by atoms with Crippen molar-refractivity contribution < 1.29 is 10.0 Å². The van der Waals surface area contributed by atoms with E-state index in [1.54, 1.807) is 7.05 Å². The van der Waals surface area contributed by atoms with E-state index in [0.29, 0.717) is 5.56 Å². The number of carbonyl (C=O) groups excluding carboxylic acids is 1. The molecule has 0 unspecified atom stereocenters. The lowest BCUT2D eigenvalue weighted by Crippen LogP contribution is -2.35. The van der Waals surface area contributed by atoms with Crippen LogP contribution in [0.25, 0.3) is 0 Å². The first-order valence-corrected chi connectivity index (χ1v) is 4.13. The van der Waals surface area contributed by atoms with E-state index in [-0.39, 0.29) is 18.3 Å². The summed E-state index contributed by atoms with van der Waals surface area (Å²) in [7, 11) is 1.54. The molecule has 0 atom stereocenters. The summed E-state index contributed by atoms with van der Waals surface area (Å²) in [5.41, 5.74) is 5.67. The predicted octanol–water partition coefficient (Wildman–Crippen LogP) is -0.705. The van der Waals surface area contributed by atoms with Gasteiger partial charge in [0.1, 0.15) is 0 Å². The van der Waals surface area contributed by atoms with Crippen molar-refractivity contribution in [3.8, 4) is 0 Å². The normalized spacial score (nSPS) is 11.1. The van der Waals surface area contributed by atoms with E-state index >= 15 is 0 Å². The number of hydrogen-bond donors (Lipinski definition) is 2. The Kier molecular flexibility index (Phi) is 3.55. The zero-order valence-corrected chi connectivity index (χ0v) is 8.16. The molecular formula is C8H11N5O2. The van der Waals surface area contributed by atoms with Crippen molar-refractivity contribution in [3.05, 3.63) is 24.0 Å². The van der Waals surface area contributed by atoms with Gasteiger partial charge in [-0.25, -0.2) is 0 Å². The highest BCUT2D eigenvalue weighted by Gasteiger charge is 2.12. The standard InChI is InChI=1S/C8H11N5O2/c1-13(5-7(9)12-15)8(14)6-2-3-10-11-4-6/h2-4,15H,5H2,1H3,(H2,9,12). The molecule has 0 fully saturated rings. The molecule has 80 valence electrons. The van der Waals surface area contributed by atoms with E-state index in [0.717, 1.165) is 0 Å². The minimum Gasteiger partial charge on any atom is -0.409 e. The molecule has 0 aliphatic rings. The number of likely N-dealkylation sites (N-methyl/N-ethyl adjacent to an activating group) is 1. The third-order valence-electron chi connectivity index (χ3n) is 1.71. The highest BCUT2D eigenvalue weighted by Crippen LogP contribution is 1.99. The summed E-state index contributed by atoms with van der Waals surface area (Å²) in [6.45, 7) is 0.0532. The fourth-order valence-corrected chi connectivity index (χ4v) is 0.984. The topological polar surface area (TPSA) is 105 Å². The molecule has 7 heteroatoms. The van der Waals surface area contributed by atoms with Gasteiger partial charge >= 0.3 is 0 Å². The van der Waals surface area contributed by atoms with Crippen molar-refractivity contribution in [3.63, 3.8) is 0 Å². The molecule has 0 aliphatic carbocycles. The largest absolute Gasteiger partial charge is 0.409 e. The van der Waals surface area contributed by atoms with Gasteiger partial charge in [-0.2, -0.15) is 10.2 Å². The SMILES string of the molecule is CN(C/C(N)=N/O)C(=O)c1ccnnc1.